The van der Waals surface area contributed by atoms with Gasteiger partial charge in [-0.3, -0.25) is 9.69 Å². The molecule has 1 aliphatic heterocycles. The van der Waals surface area contributed by atoms with Crippen molar-refractivity contribution in [1.29, 1.82) is 0 Å². The van der Waals surface area contributed by atoms with Crippen molar-refractivity contribution in [3.05, 3.63) is 29.4 Å². The molecule has 1 saturated heterocycles. The molecule has 0 atom stereocenters. The van der Waals surface area contributed by atoms with Crippen LogP contribution in [0.3, 0.4) is 0 Å². The van der Waals surface area contributed by atoms with E-state index in [0.29, 0.717) is 23.9 Å². The lowest BCUT2D eigenvalue weighted by atomic mass is 10.3. The Balaban J connectivity index is 2.35. The highest BCUT2D eigenvalue weighted by Gasteiger charge is 2.24. The third-order valence-electron chi connectivity index (χ3n) is 3.89. The maximum Gasteiger partial charge on any atom is 0.226 e. The van der Waals surface area contributed by atoms with Gasteiger partial charge in [0.15, 0.2) is 11.6 Å². The van der Waals surface area contributed by atoms with Gasteiger partial charge in [-0.2, -0.15) is 9.97 Å². The maximum absolute atomic E-state index is 11.8. The Labute approximate surface area is 175 Å². The number of hydrogen-bond donors (Lipinski definition) is 2. The van der Waals surface area contributed by atoms with Crippen LogP contribution in [0.25, 0.3) is 0 Å². The van der Waals surface area contributed by atoms with Crippen molar-refractivity contribution >= 4 is 47.1 Å². The highest BCUT2D eigenvalue weighted by atomic mass is 35.5. The van der Waals surface area contributed by atoms with Crippen molar-refractivity contribution in [2.45, 2.75) is 6.92 Å². The van der Waals surface area contributed by atoms with Gasteiger partial charge in [0.25, 0.3) is 0 Å². The minimum Gasteiger partial charge on any atom is -0.365 e. The predicted octanol–water partition coefficient (Wildman–Crippen LogP) is 2.37. The summed E-state index contributed by atoms with van der Waals surface area (Å²) in [6, 6.07) is 0. The number of aromatic nitrogens is 2. The number of carbonyl (C=O) groups excluding carboxylic acids is 1. The van der Waals surface area contributed by atoms with E-state index in [-0.39, 0.29) is 11.8 Å². The molecule has 0 aromatic carbocycles. The number of nitrogens with zero attached hydrogens (tertiary/aromatic N) is 4. The molecule has 0 saturated carbocycles. The second-order valence-corrected chi connectivity index (χ2v) is 7.06. The van der Waals surface area contributed by atoms with Gasteiger partial charge in [-0.25, -0.2) is 0 Å². The topological polar surface area (TPSA) is 73.4 Å². The molecule has 1 aromatic rings. The summed E-state index contributed by atoms with van der Waals surface area (Å²) in [5.41, 5.74) is 0.594. The molecular weight excluding hydrogens is 396 g/mol. The number of carbonyl (C=O) groups is 1. The molecule has 0 bridgehead atoms. The molecule has 0 aliphatic carbocycles. The Bertz CT molecular complexity index is 755. The average molecular weight is 421 g/mol. The zero-order valence-corrected chi connectivity index (χ0v) is 17.5. The molecule has 9 heteroatoms. The van der Waals surface area contributed by atoms with E-state index in [0.717, 1.165) is 38.3 Å². The van der Waals surface area contributed by atoms with Crippen LogP contribution in [-0.2, 0) is 4.79 Å². The predicted molar refractivity (Wildman–Crippen MR) is 119 cm³/mol. The lowest BCUT2D eigenvalue weighted by Gasteiger charge is -2.32. The quantitative estimate of drug-likeness (QED) is 0.198. The van der Waals surface area contributed by atoms with E-state index in [4.69, 9.17) is 11.6 Å². The highest BCUT2D eigenvalue weighted by molar-refractivity contribution is 8.02. The Kier molecular flexibility index (Phi) is 9.69. The van der Waals surface area contributed by atoms with Crippen molar-refractivity contribution in [3.63, 3.8) is 0 Å². The van der Waals surface area contributed by atoms with E-state index in [1.165, 1.54) is 4.90 Å². The Morgan fingerprint density at radius 2 is 2.21 bits per heavy atom. The van der Waals surface area contributed by atoms with Crippen molar-refractivity contribution in [2.24, 2.45) is 0 Å². The van der Waals surface area contributed by atoms with Gasteiger partial charge in [-0.1, -0.05) is 18.1 Å². The Hall–Kier alpha value is -2.21. The van der Waals surface area contributed by atoms with Gasteiger partial charge in [0.2, 0.25) is 11.7 Å². The highest BCUT2D eigenvalue weighted by Crippen LogP contribution is 2.34. The van der Waals surface area contributed by atoms with Gasteiger partial charge >= 0.3 is 0 Å². The number of piperazine rings is 1. The van der Waals surface area contributed by atoms with Crippen LogP contribution in [0.15, 0.2) is 24.1 Å². The molecule has 1 aromatic heterocycles. The van der Waals surface area contributed by atoms with Crippen LogP contribution in [-0.4, -0.2) is 61.4 Å². The van der Waals surface area contributed by atoms with Crippen LogP contribution in [0.1, 0.15) is 6.92 Å². The molecule has 2 heterocycles. The number of thioether (sulfide) groups is 1. The Morgan fingerprint density at radius 1 is 1.43 bits per heavy atom. The molecule has 28 heavy (non-hydrogen) atoms. The minimum atomic E-state index is 0.136. The SMILES string of the molecule is C=CCS/C=C\CNc1nc(Cl)nc(N2CCNCC2)c1N(C=O)CC#CC. The molecule has 0 radical (unpaired) electrons. The fourth-order valence-electron chi connectivity index (χ4n) is 2.63. The summed E-state index contributed by atoms with van der Waals surface area (Å²) < 4.78 is 0. The first-order valence-electron chi connectivity index (χ1n) is 8.97. The van der Waals surface area contributed by atoms with Crippen LogP contribution in [0.5, 0.6) is 0 Å². The normalized spacial score (nSPS) is 13.7. The first-order chi connectivity index (χ1) is 13.7. The van der Waals surface area contributed by atoms with Gasteiger partial charge in [0.05, 0.1) is 6.54 Å². The third kappa shape index (κ3) is 6.44. The molecule has 1 amide bonds. The number of hydrogen-bond acceptors (Lipinski definition) is 7. The van der Waals surface area contributed by atoms with Crippen molar-refractivity contribution in [2.75, 3.05) is 60.1 Å². The van der Waals surface area contributed by atoms with E-state index in [2.05, 4.69) is 43.9 Å². The summed E-state index contributed by atoms with van der Waals surface area (Å²) in [5.74, 6) is 7.75. The first kappa shape index (κ1) is 22.1. The third-order valence-corrected chi connectivity index (χ3v) is 4.87. The fourth-order valence-corrected chi connectivity index (χ4v) is 3.27. The summed E-state index contributed by atoms with van der Waals surface area (Å²) >= 11 is 7.85. The summed E-state index contributed by atoms with van der Waals surface area (Å²) in [6.07, 6.45) is 4.58. The molecule has 0 unspecified atom stereocenters. The summed E-state index contributed by atoms with van der Waals surface area (Å²) in [7, 11) is 0. The molecular formula is C19H25ClN6OS. The smallest absolute Gasteiger partial charge is 0.226 e. The van der Waals surface area contributed by atoms with Crippen LogP contribution < -0.4 is 20.4 Å². The molecule has 0 spiro atoms. The van der Waals surface area contributed by atoms with Gasteiger partial charge in [0, 0.05) is 38.5 Å². The second-order valence-electron chi connectivity index (χ2n) is 5.79. The first-order valence-corrected chi connectivity index (χ1v) is 10.4. The zero-order chi connectivity index (χ0) is 20.2. The van der Waals surface area contributed by atoms with E-state index >= 15 is 0 Å². The van der Waals surface area contributed by atoms with Crippen LogP contribution in [0.4, 0.5) is 17.3 Å². The summed E-state index contributed by atoms with van der Waals surface area (Å²) in [6.45, 7) is 9.43. The number of nitrogens with one attached hydrogen (secondary N) is 2. The number of anilines is 3. The van der Waals surface area contributed by atoms with E-state index < -0.39 is 0 Å². The van der Waals surface area contributed by atoms with E-state index in [1.807, 2.05) is 17.6 Å². The molecule has 1 fully saturated rings. The lowest BCUT2D eigenvalue weighted by Crippen LogP contribution is -2.44. The standard InChI is InChI=1S/C19H25ClN6OS/c1-3-5-10-26(15-27)16-17(22-7-6-14-28-13-4-2)23-19(20)24-18(16)25-11-8-21-9-12-25/h4,6,14-15,21H,2,7-13H2,1H3,(H,22,23,24)/b14-6-. The van der Waals surface area contributed by atoms with Gasteiger partial charge < -0.3 is 15.5 Å². The lowest BCUT2D eigenvalue weighted by molar-refractivity contribution is -0.107. The second kappa shape index (κ2) is 12.3. The van der Waals surface area contributed by atoms with Gasteiger partial charge in [-0.15, -0.1) is 24.3 Å². The van der Waals surface area contributed by atoms with Gasteiger partial charge in [-0.05, 0) is 23.9 Å². The molecule has 7 nitrogen and oxygen atoms in total. The van der Waals surface area contributed by atoms with Crippen LogP contribution in [0.2, 0.25) is 5.28 Å². The fraction of sp³-hybridized carbons (Fsp3) is 0.421. The minimum absolute atomic E-state index is 0.136. The average Bonchev–Trinajstić information content (AvgIpc) is 2.72. The van der Waals surface area contributed by atoms with E-state index in [9.17, 15) is 4.79 Å². The van der Waals surface area contributed by atoms with Crippen molar-refractivity contribution in [3.8, 4) is 11.8 Å². The molecule has 1 aliphatic rings. The molecule has 150 valence electrons. The number of rotatable bonds is 10. The van der Waals surface area contributed by atoms with Crippen molar-refractivity contribution < 1.29 is 4.79 Å². The molecule has 2 rings (SSSR count). The van der Waals surface area contributed by atoms with Crippen LogP contribution in [0, 0.1) is 11.8 Å². The van der Waals surface area contributed by atoms with Crippen molar-refractivity contribution in [1.82, 2.24) is 15.3 Å². The van der Waals surface area contributed by atoms with E-state index in [1.54, 1.807) is 18.7 Å². The monoisotopic (exact) mass is 420 g/mol. The Morgan fingerprint density at radius 3 is 2.89 bits per heavy atom. The van der Waals surface area contributed by atoms with Gasteiger partial charge in [0.1, 0.15) is 5.69 Å². The summed E-state index contributed by atoms with van der Waals surface area (Å²) in [5, 5.41) is 8.69. The largest absolute Gasteiger partial charge is 0.365 e. The number of halogens is 1. The molecule has 2 N–H and O–H groups in total. The van der Waals surface area contributed by atoms with Crippen LogP contribution >= 0.6 is 23.4 Å². The maximum atomic E-state index is 11.8. The zero-order valence-electron chi connectivity index (χ0n) is 15.9. The summed E-state index contributed by atoms with van der Waals surface area (Å²) in [4.78, 5) is 24.2. The number of amides is 1.